The number of nitrogens with one attached hydrogen (secondary N) is 1. The summed E-state index contributed by atoms with van der Waals surface area (Å²) in [6, 6.07) is 0. The van der Waals surface area contributed by atoms with Crippen LogP contribution in [0.1, 0.15) is 28.9 Å². The fourth-order valence-corrected chi connectivity index (χ4v) is 3.71. The number of hydrogen-bond acceptors (Lipinski definition) is 6. The third-order valence-electron chi connectivity index (χ3n) is 3.87. The Morgan fingerprint density at radius 3 is 2.55 bits per heavy atom. The molecule has 0 aromatic carbocycles. The Hall–Kier alpha value is -1.34. The van der Waals surface area contributed by atoms with Crippen LogP contribution in [0.2, 0.25) is 0 Å². The van der Waals surface area contributed by atoms with Crippen molar-refractivity contribution in [3.05, 3.63) is 4.88 Å². The highest BCUT2D eigenvalue weighted by Gasteiger charge is 2.25. The van der Waals surface area contributed by atoms with Crippen molar-refractivity contribution in [1.82, 2.24) is 15.2 Å². The van der Waals surface area contributed by atoms with Crippen LogP contribution in [-0.2, 0) is 0 Å². The molecule has 3 heterocycles. The van der Waals surface area contributed by atoms with Crippen molar-refractivity contribution in [2.75, 3.05) is 49.9 Å². The van der Waals surface area contributed by atoms with Crippen LogP contribution in [0, 0.1) is 0 Å². The molecule has 20 heavy (non-hydrogen) atoms. The molecule has 2 aliphatic heterocycles. The molecule has 0 aliphatic carbocycles. The average molecular weight is 295 g/mol. The van der Waals surface area contributed by atoms with Gasteiger partial charge in [-0.3, -0.25) is 4.79 Å². The van der Waals surface area contributed by atoms with Gasteiger partial charge in [0.2, 0.25) is 0 Å². The Morgan fingerprint density at radius 2 is 1.85 bits per heavy atom. The molecule has 3 rings (SSSR count). The fraction of sp³-hybridized carbons (Fsp3) is 0.692. The maximum atomic E-state index is 12.5. The molecule has 7 heteroatoms. The summed E-state index contributed by atoms with van der Waals surface area (Å²) in [6.07, 6.45) is 3.67. The Balaban J connectivity index is 1.75. The van der Waals surface area contributed by atoms with Gasteiger partial charge in [0.25, 0.3) is 5.91 Å². The summed E-state index contributed by atoms with van der Waals surface area (Å²) in [7, 11) is 0. The highest BCUT2D eigenvalue weighted by Crippen LogP contribution is 2.30. The number of nitrogens with zero attached hydrogens (tertiary/aromatic N) is 3. The fourth-order valence-electron chi connectivity index (χ4n) is 2.71. The minimum atomic E-state index is 0.0322. The van der Waals surface area contributed by atoms with E-state index in [1.807, 2.05) is 4.90 Å². The number of carbonyl (C=O) groups excluding carboxylic acids is 1. The van der Waals surface area contributed by atoms with Crippen LogP contribution >= 0.6 is 11.3 Å². The molecule has 3 N–H and O–H groups in total. The van der Waals surface area contributed by atoms with Crippen molar-refractivity contribution in [3.63, 3.8) is 0 Å². The molecular formula is C13H21N5OS. The van der Waals surface area contributed by atoms with Gasteiger partial charge in [-0.2, -0.15) is 0 Å². The van der Waals surface area contributed by atoms with E-state index in [0.29, 0.717) is 10.7 Å². The number of hydrogen-bond donors (Lipinski definition) is 2. The Morgan fingerprint density at radius 1 is 1.15 bits per heavy atom. The van der Waals surface area contributed by atoms with E-state index in [-0.39, 0.29) is 5.91 Å². The van der Waals surface area contributed by atoms with Crippen LogP contribution < -0.4 is 16.0 Å². The molecule has 2 fully saturated rings. The Bertz CT molecular complexity index is 477. The summed E-state index contributed by atoms with van der Waals surface area (Å²) < 4.78 is 0. The molecule has 6 nitrogen and oxygen atoms in total. The second kappa shape index (κ2) is 5.97. The van der Waals surface area contributed by atoms with E-state index in [4.69, 9.17) is 5.73 Å². The van der Waals surface area contributed by atoms with E-state index in [1.54, 1.807) is 0 Å². The first-order valence-electron chi connectivity index (χ1n) is 7.27. The summed E-state index contributed by atoms with van der Waals surface area (Å²) in [5.74, 6) is 0.420. The lowest BCUT2D eigenvalue weighted by atomic mass is 10.1. The van der Waals surface area contributed by atoms with Gasteiger partial charge < -0.3 is 20.9 Å². The Kier molecular flexibility index (Phi) is 4.07. The molecule has 0 unspecified atom stereocenters. The molecule has 0 atom stereocenters. The van der Waals surface area contributed by atoms with E-state index >= 15 is 0 Å². The van der Waals surface area contributed by atoms with Crippen LogP contribution in [0.25, 0.3) is 0 Å². The molecule has 0 spiro atoms. The number of aromatic nitrogens is 1. The van der Waals surface area contributed by atoms with Gasteiger partial charge in [-0.1, -0.05) is 11.3 Å². The van der Waals surface area contributed by atoms with E-state index in [0.717, 1.165) is 44.4 Å². The molecule has 1 amide bonds. The van der Waals surface area contributed by atoms with Crippen molar-refractivity contribution in [1.29, 1.82) is 0 Å². The van der Waals surface area contributed by atoms with Crippen molar-refractivity contribution < 1.29 is 4.79 Å². The zero-order valence-electron chi connectivity index (χ0n) is 11.6. The highest BCUT2D eigenvalue weighted by molar-refractivity contribution is 7.18. The van der Waals surface area contributed by atoms with E-state index in [1.165, 1.54) is 30.6 Å². The minimum Gasteiger partial charge on any atom is -0.382 e. The predicted octanol–water partition coefficient (Wildman–Crippen LogP) is 0.761. The van der Waals surface area contributed by atoms with E-state index < -0.39 is 0 Å². The topological polar surface area (TPSA) is 74.5 Å². The SMILES string of the molecule is Nc1nc(N2CCCCC2)sc1C(=O)N1CCNCC1. The average Bonchev–Trinajstić information content (AvgIpc) is 2.90. The number of anilines is 2. The molecule has 0 radical (unpaired) electrons. The number of nitrogen functional groups attached to an aromatic ring is 1. The molecular weight excluding hydrogens is 274 g/mol. The van der Waals surface area contributed by atoms with Gasteiger partial charge in [0.1, 0.15) is 10.7 Å². The smallest absolute Gasteiger partial charge is 0.267 e. The van der Waals surface area contributed by atoms with Gasteiger partial charge in [0, 0.05) is 39.3 Å². The molecule has 0 bridgehead atoms. The van der Waals surface area contributed by atoms with Gasteiger partial charge >= 0.3 is 0 Å². The van der Waals surface area contributed by atoms with Crippen LogP contribution in [0.5, 0.6) is 0 Å². The first kappa shape index (κ1) is 13.6. The van der Waals surface area contributed by atoms with Crippen molar-refractivity contribution in [2.24, 2.45) is 0 Å². The summed E-state index contributed by atoms with van der Waals surface area (Å²) in [5.41, 5.74) is 5.97. The number of rotatable bonds is 2. The third kappa shape index (κ3) is 2.73. The monoisotopic (exact) mass is 295 g/mol. The predicted molar refractivity (Wildman–Crippen MR) is 81.4 cm³/mol. The molecule has 1 aromatic heterocycles. The largest absolute Gasteiger partial charge is 0.382 e. The summed E-state index contributed by atoms with van der Waals surface area (Å²) in [6.45, 7) is 5.24. The van der Waals surface area contributed by atoms with Crippen LogP contribution in [0.15, 0.2) is 0 Å². The molecule has 1 aromatic rings. The lowest BCUT2D eigenvalue weighted by molar-refractivity contribution is 0.0741. The lowest BCUT2D eigenvalue weighted by Crippen LogP contribution is -2.46. The standard InChI is InChI=1S/C13H21N5OS/c14-11-10(12(19)17-8-4-15-5-9-17)20-13(16-11)18-6-2-1-3-7-18/h15H,1-9,14H2. The van der Waals surface area contributed by atoms with E-state index in [2.05, 4.69) is 15.2 Å². The molecule has 2 saturated heterocycles. The minimum absolute atomic E-state index is 0.0322. The number of piperidine rings is 1. The van der Waals surface area contributed by atoms with Gasteiger partial charge in [-0.25, -0.2) is 4.98 Å². The quantitative estimate of drug-likeness (QED) is 0.842. The molecule has 2 aliphatic rings. The zero-order chi connectivity index (χ0) is 13.9. The summed E-state index contributed by atoms with van der Waals surface area (Å²) in [4.78, 5) is 21.6. The molecule has 110 valence electrons. The first-order valence-corrected chi connectivity index (χ1v) is 8.08. The summed E-state index contributed by atoms with van der Waals surface area (Å²) in [5, 5.41) is 4.15. The maximum Gasteiger partial charge on any atom is 0.267 e. The van der Waals surface area contributed by atoms with E-state index in [9.17, 15) is 4.79 Å². The van der Waals surface area contributed by atoms with Gasteiger partial charge in [0.05, 0.1) is 0 Å². The summed E-state index contributed by atoms with van der Waals surface area (Å²) >= 11 is 1.45. The van der Waals surface area contributed by atoms with Crippen molar-refractivity contribution in [3.8, 4) is 0 Å². The van der Waals surface area contributed by atoms with Crippen LogP contribution in [0.4, 0.5) is 10.9 Å². The number of nitrogens with two attached hydrogens (primary N) is 1. The van der Waals surface area contributed by atoms with Gasteiger partial charge in [0.15, 0.2) is 5.13 Å². The second-order valence-electron chi connectivity index (χ2n) is 5.30. The second-order valence-corrected chi connectivity index (χ2v) is 6.28. The maximum absolute atomic E-state index is 12.5. The van der Waals surface area contributed by atoms with Gasteiger partial charge in [-0.05, 0) is 19.3 Å². The number of carbonyl (C=O) groups is 1. The Labute approximate surface area is 123 Å². The number of amides is 1. The highest BCUT2D eigenvalue weighted by atomic mass is 32.1. The lowest BCUT2D eigenvalue weighted by Gasteiger charge is -2.27. The number of thiazole rings is 1. The van der Waals surface area contributed by atoms with Crippen molar-refractivity contribution in [2.45, 2.75) is 19.3 Å². The van der Waals surface area contributed by atoms with Crippen LogP contribution in [-0.4, -0.2) is 55.1 Å². The van der Waals surface area contributed by atoms with Crippen LogP contribution in [0.3, 0.4) is 0 Å². The normalized spacial score (nSPS) is 20.2. The first-order chi connectivity index (χ1) is 9.75. The molecule has 0 saturated carbocycles. The van der Waals surface area contributed by atoms with Gasteiger partial charge in [-0.15, -0.1) is 0 Å². The zero-order valence-corrected chi connectivity index (χ0v) is 12.4. The number of piperazine rings is 1. The van der Waals surface area contributed by atoms with Crippen molar-refractivity contribution >= 4 is 28.2 Å². The third-order valence-corrected chi connectivity index (χ3v) is 4.99.